The molecule has 1 saturated heterocycles. The summed E-state index contributed by atoms with van der Waals surface area (Å²) in [7, 11) is 0. The highest BCUT2D eigenvalue weighted by Crippen LogP contribution is 2.35. The second-order valence-corrected chi connectivity index (χ2v) is 8.66. The number of benzene rings is 1. The first-order valence-corrected chi connectivity index (χ1v) is 11.1. The van der Waals surface area contributed by atoms with Crippen molar-refractivity contribution in [3.05, 3.63) is 51.8 Å². The molecule has 4 rings (SSSR count). The van der Waals surface area contributed by atoms with Crippen molar-refractivity contribution in [2.75, 3.05) is 11.9 Å². The summed E-state index contributed by atoms with van der Waals surface area (Å²) in [6, 6.07) is 0.723. The molecule has 182 valence electrons. The van der Waals surface area contributed by atoms with Gasteiger partial charge in [-0.05, 0) is 31.9 Å². The topological polar surface area (TPSA) is 106 Å². The molecule has 0 saturated carbocycles. The van der Waals surface area contributed by atoms with E-state index < -0.39 is 53.4 Å². The average Bonchev–Trinajstić information content (AvgIpc) is 3.37. The number of carbonyl (C=O) groups excluding carboxylic acids is 1. The van der Waals surface area contributed by atoms with Gasteiger partial charge in [0.05, 0.1) is 29.1 Å². The third kappa shape index (κ3) is 4.68. The van der Waals surface area contributed by atoms with Crippen LogP contribution in [0.4, 0.5) is 27.6 Å². The van der Waals surface area contributed by atoms with Gasteiger partial charge in [-0.15, -0.1) is 11.3 Å². The van der Waals surface area contributed by atoms with Gasteiger partial charge in [-0.25, -0.2) is 26.9 Å². The lowest BCUT2D eigenvalue weighted by atomic mass is 10.0. The second kappa shape index (κ2) is 9.76. The Labute approximate surface area is 194 Å². The molecule has 7 nitrogen and oxygen atoms in total. The number of nitrogens with two attached hydrogens (primary N) is 1. The van der Waals surface area contributed by atoms with E-state index in [9.17, 15) is 26.7 Å². The smallest absolute Gasteiger partial charge is 0.275 e. The Morgan fingerprint density at radius 3 is 2.82 bits per heavy atom. The van der Waals surface area contributed by atoms with E-state index in [-0.39, 0.29) is 17.3 Å². The van der Waals surface area contributed by atoms with Gasteiger partial charge in [-0.3, -0.25) is 9.89 Å². The van der Waals surface area contributed by atoms with Crippen molar-refractivity contribution in [2.24, 2.45) is 5.73 Å². The Kier molecular flexibility index (Phi) is 6.96. The number of carbonyl (C=O) groups is 1. The maximum atomic E-state index is 14.5. The predicted octanol–water partition coefficient (Wildman–Crippen LogP) is 4.83. The lowest BCUT2D eigenvalue weighted by molar-refractivity contribution is 0.0267. The van der Waals surface area contributed by atoms with E-state index >= 15 is 0 Å². The fraction of sp³-hybridized carbons (Fsp3) is 0.381. The number of thiazole rings is 1. The number of halogens is 5. The van der Waals surface area contributed by atoms with Gasteiger partial charge in [-0.2, -0.15) is 5.10 Å². The zero-order valence-electron chi connectivity index (χ0n) is 17.7. The minimum atomic E-state index is -3.14. The van der Waals surface area contributed by atoms with Gasteiger partial charge >= 0.3 is 0 Å². The predicted molar refractivity (Wildman–Crippen MR) is 114 cm³/mol. The van der Waals surface area contributed by atoms with Crippen LogP contribution < -0.4 is 11.1 Å². The van der Waals surface area contributed by atoms with E-state index in [0.717, 1.165) is 17.4 Å². The number of nitrogens with zero attached hydrogens (tertiary/aromatic N) is 2. The van der Waals surface area contributed by atoms with E-state index in [4.69, 9.17) is 10.5 Å². The van der Waals surface area contributed by atoms with Gasteiger partial charge in [0.15, 0.2) is 0 Å². The van der Waals surface area contributed by atoms with Crippen molar-refractivity contribution in [1.29, 1.82) is 0 Å². The third-order valence-electron chi connectivity index (χ3n) is 5.51. The van der Waals surface area contributed by atoms with Crippen LogP contribution in [0.25, 0.3) is 10.6 Å². The zero-order chi connectivity index (χ0) is 24.6. The van der Waals surface area contributed by atoms with Crippen LogP contribution in [-0.2, 0) is 4.74 Å². The molecule has 0 radical (unpaired) electrons. The molecule has 0 aliphatic carbocycles. The first kappa shape index (κ1) is 24.2. The quantitative estimate of drug-likeness (QED) is 0.435. The molecule has 1 amide bonds. The van der Waals surface area contributed by atoms with Crippen LogP contribution >= 0.6 is 11.3 Å². The third-order valence-corrected chi connectivity index (χ3v) is 6.37. The molecule has 13 heteroatoms. The maximum Gasteiger partial charge on any atom is 0.275 e. The van der Waals surface area contributed by atoms with Crippen LogP contribution in [0.3, 0.4) is 0 Å². The molecule has 1 fully saturated rings. The largest absolute Gasteiger partial charge is 0.369 e. The maximum absolute atomic E-state index is 14.5. The van der Waals surface area contributed by atoms with Crippen molar-refractivity contribution >= 4 is 22.9 Å². The average molecular weight is 501 g/mol. The molecule has 0 bridgehead atoms. The number of aryl methyl sites for hydroxylation is 1. The van der Waals surface area contributed by atoms with E-state index in [1.54, 1.807) is 6.92 Å². The molecule has 4 N–H and O–H groups in total. The van der Waals surface area contributed by atoms with Gasteiger partial charge in [-0.1, -0.05) is 0 Å². The highest BCUT2D eigenvalue weighted by Gasteiger charge is 2.30. The summed E-state index contributed by atoms with van der Waals surface area (Å²) in [5.74, 6) is -3.22. The lowest BCUT2D eigenvalue weighted by Crippen LogP contribution is -2.32. The number of ether oxygens (including phenoxy) is 1. The van der Waals surface area contributed by atoms with Crippen LogP contribution in [0.5, 0.6) is 0 Å². The minimum Gasteiger partial charge on any atom is -0.369 e. The number of aromatic nitrogens is 3. The summed E-state index contributed by atoms with van der Waals surface area (Å²) in [6.45, 7) is 1.44. The van der Waals surface area contributed by atoms with Crippen LogP contribution in [0.2, 0.25) is 0 Å². The standard InChI is InChI=1S/C21H20F5N5O2S/c1-8-17(18(31-30-8)14-5-4-12(27)11(23)6-33-14)29-20(32)13-7-34-21(28-13)15-10(22)3-2-9(16(15)24)19(25)26/h2-3,7,11-12,14,19H,4-6,27H2,1H3,(H,29,32)(H,30,31)/t11-,12-,14+/m1/s1. The number of alkyl halides is 3. The number of rotatable bonds is 5. The number of H-pyrrole nitrogens is 1. The van der Waals surface area contributed by atoms with Crippen LogP contribution in [-0.4, -0.2) is 39.9 Å². The Hall–Kier alpha value is -2.90. The summed E-state index contributed by atoms with van der Waals surface area (Å²) in [4.78, 5) is 16.8. The molecular formula is C21H20F5N5O2S. The fourth-order valence-corrected chi connectivity index (χ4v) is 4.44. The summed E-state index contributed by atoms with van der Waals surface area (Å²) in [5.41, 5.74) is 5.03. The van der Waals surface area contributed by atoms with Gasteiger partial charge in [0.2, 0.25) is 0 Å². The Bertz CT molecular complexity index is 1190. The molecular weight excluding hydrogens is 481 g/mol. The van der Waals surface area contributed by atoms with Crippen LogP contribution in [0.15, 0.2) is 17.5 Å². The van der Waals surface area contributed by atoms with Gasteiger partial charge in [0, 0.05) is 11.4 Å². The molecule has 2 aromatic heterocycles. The molecule has 3 atom stereocenters. The molecule has 1 aliphatic heterocycles. The van der Waals surface area contributed by atoms with Crippen LogP contribution in [0.1, 0.15) is 52.8 Å². The molecule has 3 heterocycles. The minimum absolute atomic E-state index is 0.180. The summed E-state index contributed by atoms with van der Waals surface area (Å²) >= 11 is 0.731. The van der Waals surface area contributed by atoms with E-state index in [1.165, 1.54) is 5.38 Å². The molecule has 0 unspecified atom stereocenters. The highest BCUT2D eigenvalue weighted by atomic mass is 32.1. The molecule has 34 heavy (non-hydrogen) atoms. The summed E-state index contributed by atoms with van der Waals surface area (Å²) < 4.78 is 74.2. The Morgan fingerprint density at radius 2 is 2.09 bits per heavy atom. The van der Waals surface area contributed by atoms with Crippen molar-refractivity contribution in [3.8, 4) is 10.6 Å². The highest BCUT2D eigenvalue weighted by molar-refractivity contribution is 7.13. The molecule has 1 aromatic carbocycles. The summed E-state index contributed by atoms with van der Waals surface area (Å²) in [6.07, 6.45) is -4.33. The van der Waals surface area contributed by atoms with Gasteiger partial charge < -0.3 is 15.8 Å². The molecule has 1 aliphatic rings. The number of hydrogen-bond acceptors (Lipinski definition) is 6. The normalized spacial score (nSPS) is 21.0. The SMILES string of the molecule is Cc1[nH]nc([C@@H]2CC[C@@H](N)[C@H](F)CO2)c1NC(=O)c1csc(-c2c(F)ccc(C(F)F)c2F)n1. The lowest BCUT2D eigenvalue weighted by Gasteiger charge is -2.15. The Balaban J connectivity index is 1.57. The van der Waals surface area contributed by atoms with Crippen molar-refractivity contribution in [2.45, 2.75) is 44.5 Å². The molecule has 0 spiro atoms. The Morgan fingerprint density at radius 1 is 1.32 bits per heavy atom. The van der Waals surface area contributed by atoms with E-state index in [0.29, 0.717) is 36.0 Å². The van der Waals surface area contributed by atoms with Crippen LogP contribution in [0, 0.1) is 18.6 Å². The zero-order valence-corrected chi connectivity index (χ0v) is 18.6. The monoisotopic (exact) mass is 501 g/mol. The van der Waals surface area contributed by atoms with E-state index in [2.05, 4.69) is 20.5 Å². The van der Waals surface area contributed by atoms with Gasteiger partial charge in [0.25, 0.3) is 12.3 Å². The van der Waals surface area contributed by atoms with Crippen molar-refractivity contribution in [1.82, 2.24) is 15.2 Å². The van der Waals surface area contributed by atoms with E-state index in [1.807, 2.05) is 0 Å². The van der Waals surface area contributed by atoms with Crippen molar-refractivity contribution in [3.63, 3.8) is 0 Å². The summed E-state index contributed by atoms with van der Waals surface area (Å²) in [5, 5.41) is 10.5. The molecule has 3 aromatic rings. The first-order chi connectivity index (χ1) is 16.2. The fourth-order valence-electron chi connectivity index (χ4n) is 3.60. The first-order valence-electron chi connectivity index (χ1n) is 10.3. The van der Waals surface area contributed by atoms with Gasteiger partial charge in [0.1, 0.15) is 40.3 Å². The number of nitrogens with one attached hydrogen (secondary N) is 2. The number of hydrogen-bond donors (Lipinski definition) is 3. The number of amides is 1. The number of anilines is 1. The number of aromatic amines is 1. The second-order valence-electron chi connectivity index (χ2n) is 7.81. The van der Waals surface area contributed by atoms with Crippen molar-refractivity contribution < 1.29 is 31.5 Å².